The lowest BCUT2D eigenvalue weighted by Gasteiger charge is -2.09. The lowest BCUT2D eigenvalue weighted by atomic mass is 10.00. The van der Waals surface area contributed by atoms with Gasteiger partial charge < -0.3 is 4.42 Å². The van der Waals surface area contributed by atoms with Gasteiger partial charge in [-0.1, -0.05) is 103 Å². The molecule has 5 heteroatoms. The molecule has 0 saturated carbocycles. The normalized spacial score (nSPS) is 11.6. The van der Waals surface area contributed by atoms with Gasteiger partial charge in [-0.15, -0.1) is 11.3 Å². The quantitative estimate of drug-likeness (QED) is 0.207. The summed E-state index contributed by atoms with van der Waals surface area (Å²) in [4.78, 5) is 14.9. The van der Waals surface area contributed by atoms with E-state index in [1.807, 2.05) is 36.4 Å². The summed E-state index contributed by atoms with van der Waals surface area (Å²) >= 11 is 1.79. The highest BCUT2D eigenvalue weighted by atomic mass is 32.1. The van der Waals surface area contributed by atoms with E-state index in [9.17, 15) is 0 Å². The smallest absolute Gasteiger partial charge is 0.199 e. The van der Waals surface area contributed by atoms with Gasteiger partial charge in [0, 0.05) is 36.7 Å². The Morgan fingerprint density at radius 1 is 0.409 bits per heavy atom. The Bertz CT molecular complexity index is 2480. The topological polar surface area (TPSA) is 51.8 Å². The predicted molar refractivity (Wildman–Crippen MR) is 182 cm³/mol. The molecule has 0 aliphatic carbocycles. The molecule has 0 fully saturated rings. The zero-order chi connectivity index (χ0) is 29.0. The first-order valence-corrected chi connectivity index (χ1v) is 15.3. The summed E-state index contributed by atoms with van der Waals surface area (Å²) in [6, 6.07) is 48.4. The average Bonchev–Trinajstić information content (AvgIpc) is 3.69. The largest absolute Gasteiger partial charge is 0.453 e. The highest BCUT2D eigenvalue weighted by Crippen LogP contribution is 2.37. The number of para-hydroxylation sites is 1. The molecule has 9 rings (SSSR count). The van der Waals surface area contributed by atoms with E-state index in [0.717, 1.165) is 32.9 Å². The molecule has 0 saturated heterocycles. The molecule has 0 amide bonds. The van der Waals surface area contributed by atoms with Crippen molar-refractivity contribution in [3.05, 3.63) is 140 Å². The number of fused-ring (bicyclic) bond motifs is 5. The minimum Gasteiger partial charge on any atom is -0.453 e. The zero-order valence-electron chi connectivity index (χ0n) is 23.4. The second-order valence-electron chi connectivity index (χ2n) is 10.9. The van der Waals surface area contributed by atoms with Crippen LogP contribution < -0.4 is 0 Å². The van der Waals surface area contributed by atoms with Gasteiger partial charge in [0.25, 0.3) is 0 Å². The summed E-state index contributed by atoms with van der Waals surface area (Å²) < 4.78 is 8.69. The number of thiophene rings is 1. The summed E-state index contributed by atoms with van der Waals surface area (Å²) in [5.74, 6) is 2.35. The average molecular weight is 582 g/mol. The maximum absolute atomic E-state index is 6.22. The fraction of sp³-hybridized carbons (Fsp3) is 0. The number of hydrogen-bond acceptors (Lipinski definition) is 5. The van der Waals surface area contributed by atoms with E-state index >= 15 is 0 Å². The van der Waals surface area contributed by atoms with Gasteiger partial charge in [0.1, 0.15) is 5.58 Å². The van der Waals surface area contributed by atoms with Crippen LogP contribution in [0.5, 0.6) is 0 Å². The number of nitrogens with zero attached hydrogens (tertiary/aromatic N) is 3. The zero-order valence-corrected chi connectivity index (χ0v) is 24.3. The third-order valence-corrected chi connectivity index (χ3v) is 9.26. The van der Waals surface area contributed by atoms with E-state index in [-0.39, 0.29) is 0 Å². The fourth-order valence-electron chi connectivity index (χ4n) is 5.90. The molecule has 206 valence electrons. The minimum absolute atomic E-state index is 0.511. The Hall–Kier alpha value is -5.65. The van der Waals surface area contributed by atoms with E-state index in [0.29, 0.717) is 23.2 Å². The molecule has 0 N–H and O–H groups in total. The molecule has 0 atom stereocenters. The van der Waals surface area contributed by atoms with E-state index in [1.165, 1.54) is 31.3 Å². The van der Waals surface area contributed by atoms with Crippen LogP contribution >= 0.6 is 11.3 Å². The SMILES string of the molecule is c1ccc(-c2ccc3cc(-c4nc(-c5ccc6c(c5)sc5ccccc56)nc(-c5cc6ccccc6o5)n4)ccc3c2)cc1. The Balaban J connectivity index is 1.20. The van der Waals surface area contributed by atoms with Crippen LogP contribution in [0, 0.1) is 0 Å². The third kappa shape index (κ3) is 4.25. The summed E-state index contributed by atoms with van der Waals surface area (Å²) in [6.07, 6.45) is 0. The van der Waals surface area contributed by atoms with Crippen LogP contribution in [-0.4, -0.2) is 15.0 Å². The lowest BCUT2D eigenvalue weighted by Crippen LogP contribution is -1.99. The van der Waals surface area contributed by atoms with Crippen molar-refractivity contribution in [2.45, 2.75) is 0 Å². The first-order chi connectivity index (χ1) is 21.7. The third-order valence-electron chi connectivity index (χ3n) is 8.12. The number of benzene rings is 6. The van der Waals surface area contributed by atoms with Crippen LogP contribution in [0.3, 0.4) is 0 Å². The molecular formula is C39H23N3OS. The fourth-order valence-corrected chi connectivity index (χ4v) is 7.04. The summed E-state index contributed by atoms with van der Waals surface area (Å²) in [5.41, 5.74) is 5.06. The molecule has 3 heterocycles. The minimum atomic E-state index is 0.511. The molecule has 0 aliphatic heterocycles. The summed E-state index contributed by atoms with van der Waals surface area (Å²) in [5, 5.41) is 5.81. The van der Waals surface area contributed by atoms with Gasteiger partial charge >= 0.3 is 0 Å². The molecular weight excluding hydrogens is 559 g/mol. The van der Waals surface area contributed by atoms with Crippen LogP contribution in [0.2, 0.25) is 0 Å². The van der Waals surface area contributed by atoms with Crippen molar-refractivity contribution in [2.75, 3.05) is 0 Å². The highest BCUT2D eigenvalue weighted by molar-refractivity contribution is 7.25. The van der Waals surface area contributed by atoms with Crippen molar-refractivity contribution in [1.29, 1.82) is 0 Å². The van der Waals surface area contributed by atoms with Gasteiger partial charge in [-0.2, -0.15) is 0 Å². The first kappa shape index (κ1) is 24.9. The van der Waals surface area contributed by atoms with Gasteiger partial charge in [-0.05, 0) is 58.3 Å². The van der Waals surface area contributed by atoms with Gasteiger partial charge in [-0.25, -0.2) is 15.0 Å². The van der Waals surface area contributed by atoms with Crippen molar-refractivity contribution in [2.24, 2.45) is 0 Å². The van der Waals surface area contributed by atoms with Crippen LogP contribution in [-0.2, 0) is 0 Å². The van der Waals surface area contributed by atoms with E-state index in [1.54, 1.807) is 11.3 Å². The molecule has 44 heavy (non-hydrogen) atoms. The highest BCUT2D eigenvalue weighted by Gasteiger charge is 2.17. The van der Waals surface area contributed by atoms with E-state index < -0.39 is 0 Å². The molecule has 9 aromatic rings. The van der Waals surface area contributed by atoms with Crippen molar-refractivity contribution in [3.8, 4) is 45.5 Å². The Morgan fingerprint density at radius 3 is 1.89 bits per heavy atom. The Kier molecular flexibility index (Phi) is 5.64. The number of furan rings is 1. The maximum Gasteiger partial charge on any atom is 0.199 e. The molecule has 0 unspecified atom stereocenters. The molecule has 0 spiro atoms. The predicted octanol–water partition coefficient (Wildman–Crippen LogP) is 10.8. The van der Waals surface area contributed by atoms with Gasteiger partial charge in [0.2, 0.25) is 0 Å². The maximum atomic E-state index is 6.22. The number of rotatable bonds is 4. The lowest BCUT2D eigenvalue weighted by molar-refractivity contribution is 0.625. The molecule has 6 aromatic carbocycles. The van der Waals surface area contributed by atoms with Crippen LogP contribution in [0.1, 0.15) is 0 Å². The second-order valence-corrected chi connectivity index (χ2v) is 12.0. The molecule has 4 nitrogen and oxygen atoms in total. The van der Waals surface area contributed by atoms with Crippen molar-refractivity contribution in [1.82, 2.24) is 15.0 Å². The summed E-state index contributed by atoms with van der Waals surface area (Å²) in [7, 11) is 0. The molecule has 0 aliphatic rings. The molecule has 0 bridgehead atoms. The molecule has 3 aromatic heterocycles. The van der Waals surface area contributed by atoms with Crippen LogP contribution in [0.25, 0.3) is 87.4 Å². The van der Waals surface area contributed by atoms with Crippen molar-refractivity contribution >= 4 is 53.3 Å². The van der Waals surface area contributed by atoms with Gasteiger partial charge in [-0.3, -0.25) is 0 Å². The van der Waals surface area contributed by atoms with Crippen LogP contribution in [0.4, 0.5) is 0 Å². The van der Waals surface area contributed by atoms with Gasteiger partial charge in [0.15, 0.2) is 23.2 Å². The molecule has 0 radical (unpaired) electrons. The van der Waals surface area contributed by atoms with E-state index in [2.05, 4.69) is 103 Å². The van der Waals surface area contributed by atoms with Crippen LogP contribution in [0.15, 0.2) is 144 Å². The first-order valence-electron chi connectivity index (χ1n) is 14.5. The van der Waals surface area contributed by atoms with E-state index in [4.69, 9.17) is 19.4 Å². The summed E-state index contributed by atoms with van der Waals surface area (Å²) in [6.45, 7) is 0. The van der Waals surface area contributed by atoms with Gasteiger partial charge in [0.05, 0.1) is 0 Å². The standard InChI is InChI=1S/C39H23N3OS/c1-2-8-24(9-3-1)25-14-15-27-21-29(17-16-26(27)20-25)37-40-38(42-39(41-37)34-22-28-10-4-6-12-33(28)43-34)30-18-19-32-31-11-5-7-13-35(31)44-36(32)23-30/h1-23H. The number of hydrogen-bond donors (Lipinski definition) is 0. The Labute approximate surface area is 256 Å². The number of aromatic nitrogens is 3. The van der Waals surface area contributed by atoms with Crippen molar-refractivity contribution < 1.29 is 4.42 Å². The Morgan fingerprint density at radius 2 is 1.05 bits per heavy atom. The van der Waals surface area contributed by atoms with Crippen molar-refractivity contribution in [3.63, 3.8) is 0 Å². The monoisotopic (exact) mass is 581 g/mol. The second kappa shape index (κ2) is 9.97.